The van der Waals surface area contributed by atoms with Gasteiger partial charge in [-0.3, -0.25) is 0 Å². The van der Waals surface area contributed by atoms with Crippen LogP contribution in [0, 0.1) is 12.3 Å². The fourth-order valence-corrected chi connectivity index (χ4v) is 1.49. The van der Waals surface area contributed by atoms with Gasteiger partial charge in [-0.05, 0) is 18.9 Å². The molecular weight excluding hydrogens is 190 g/mol. The van der Waals surface area contributed by atoms with Gasteiger partial charge in [0.25, 0.3) is 0 Å². The van der Waals surface area contributed by atoms with E-state index in [1.54, 1.807) is 0 Å². The summed E-state index contributed by atoms with van der Waals surface area (Å²) in [6, 6.07) is 8.46. The minimum Gasteiger partial charge on any atom is -0.393 e. The first-order valence-electron chi connectivity index (χ1n) is 4.77. The van der Waals surface area contributed by atoms with Crippen LogP contribution in [0.1, 0.15) is 25.0 Å². The van der Waals surface area contributed by atoms with E-state index >= 15 is 0 Å². The molecule has 0 radical (unpaired) electrons. The van der Waals surface area contributed by atoms with Crippen molar-refractivity contribution in [3.63, 3.8) is 0 Å². The molecule has 0 saturated heterocycles. The van der Waals surface area contributed by atoms with Gasteiger partial charge in [0.05, 0.1) is 4.99 Å². The maximum atomic E-state index is 5.69. The van der Waals surface area contributed by atoms with Crippen LogP contribution in [0.25, 0.3) is 0 Å². The van der Waals surface area contributed by atoms with E-state index < -0.39 is 0 Å². The van der Waals surface area contributed by atoms with E-state index in [1.165, 1.54) is 11.1 Å². The van der Waals surface area contributed by atoms with E-state index in [-0.39, 0.29) is 5.41 Å². The maximum absolute atomic E-state index is 5.69. The third kappa shape index (κ3) is 2.81. The minimum absolute atomic E-state index is 0.0941. The normalized spacial score (nSPS) is 11.4. The number of hydrogen-bond acceptors (Lipinski definition) is 1. The SMILES string of the molecule is Cc1cccc(CC(C)(C)C(N)=S)c1. The molecule has 0 aliphatic heterocycles. The van der Waals surface area contributed by atoms with E-state index in [0.29, 0.717) is 4.99 Å². The van der Waals surface area contributed by atoms with Gasteiger partial charge in [0.15, 0.2) is 0 Å². The molecule has 0 amide bonds. The Morgan fingerprint density at radius 3 is 2.57 bits per heavy atom. The van der Waals surface area contributed by atoms with Crippen LogP contribution in [-0.4, -0.2) is 4.99 Å². The third-order valence-corrected chi connectivity index (χ3v) is 2.95. The summed E-state index contributed by atoms with van der Waals surface area (Å²) in [5.74, 6) is 0. The molecule has 0 spiro atoms. The molecule has 0 aliphatic carbocycles. The van der Waals surface area contributed by atoms with Gasteiger partial charge in [-0.1, -0.05) is 55.9 Å². The fraction of sp³-hybridized carbons (Fsp3) is 0.417. The molecule has 1 aromatic carbocycles. The lowest BCUT2D eigenvalue weighted by atomic mass is 9.85. The van der Waals surface area contributed by atoms with Gasteiger partial charge in [0.1, 0.15) is 0 Å². The average Bonchev–Trinajstić information content (AvgIpc) is 2.02. The number of benzene rings is 1. The summed E-state index contributed by atoms with van der Waals surface area (Å²) in [6.07, 6.45) is 0.907. The lowest BCUT2D eigenvalue weighted by Gasteiger charge is -2.23. The monoisotopic (exact) mass is 207 g/mol. The number of thiocarbonyl (C=S) groups is 1. The second-order valence-electron chi connectivity index (χ2n) is 4.41. The van der Waals surface area contributed by atoms with E-state index in [2.05, 4.69) is 45.0 Å². The molecule has 0 fully saturated rings. The number of hydrogen-bond donors (Lipinski definition) is 1. The standard InChI is InChI=1S/C12H17NS/c1-9-5-4-6-10(7-9)8-12(2,3)11(13)14/h4-7H,8H2,1-3H3,(H2,13,14). The van der Waals surface area contributed by atoms with Gasteiger partial charge in [-0.2, -0.15) is 0 Å². The smallest absolute Gasteiger partial charge is 0.0787 e. The highest BCUT2D eigenvalue weighted by Crippen LogP contribution is 2.22. The first kappa shape index (κ1) is 11.2. The molecule has 1 aromatic rings. The van der Waals surface area contributed by atoms with Crippen LogP contribution in [-0.2, 0) is 6.42 Å². The zero-order chi connectivity index (χ0) is 10.8. The topological polar surface area (TPSA) is 26.0 Å². The van der Waals surface area contributed by atoms with Crippen molar-refractivity contribution in [3.05, 3.63) is 35.4 Å². The van der Waals surface area contributed by atoms with Crippen molar-refractivity contribution in [1.82, 2.24) is 0 Å². The highest BCUT2D eigenvalue weighted by atomic mass is 32.1. The third-order valence-electron chi connectivity index (χ3n) is 2.40. The van der Waals surface area contributed by atoms with Gasteiger partial charge in [0, 0.05) is 5.41 Å². The summed E-state index contributed by atoms with van der Waals surface area (Å²) in [6.45, 7) is 6.26. The van der Waals surface area contributed by atoms with E-state index in [4.69, 9.17) is 18.0 Å². The van der Waals surface area contributed by atoms with E-state index in [1.807, 2.05) is 0 Å². The zero-order valence-corrected chi connectivity index (χ0v) is 9.82. The van der Waals surface area contributed by atoms with Crippen molar-refractivity contribution >= 4 is 17.2 Å². The van der Waals surface area contributed by atoms with Crippen LogP contribution < -0.4 is 5.73 Å². The summed E-state index contributed by atoms with van der Waals surface area (Å²) in [5, 5.41) is 0. The summed E-state index contributed by atoms with van der Waals surface area (Å²) < 4.78 is 0. The van der Waals surface area contributed by atoms with Crippen molar-refractivity contribution in [2.75, 3.05) is 0 Å². The maximum Gasteiger partial charge on any atom is 0.0787 e. The van der Waals surface area contributed by atoms with Crippen molar-refractivity contribution in [1.29, 1.82) is 0 Å². The average molecular weight is 207 g/mol. The Morgan fingerprint density at radius 2 is 2.07 bits per heavy atom. The Balaban J connectivity index is 2.83. The molecule has 0 aliphatic rings. The van der Waals surface area contributed by atoms with Gasteiger partial charge < -0.3 is 5.73 Å². The highest BCUT2D eigenvalue weighted by molar-refractivity contribution is 7.80. The largest absolute Gasteiger partial charge is 0.393 e. The molecule has 1 rings (SSSR count). The van der Waals surface area contributed by atoms with Crippen LogP contribution in [0.4, 0.5) is 0 Å². The predicted octanol–water partition coefficient (Wildman–Crippen LogP) is 2.85. The Morgan fingerprint density at radius 1 is 1.43 bits per heavy atom. The van der Waals surface area contributed by atoms with Crippen molar-refractivity contribution < 1.29 is 0 Å². The quantitative estimate of drug-likeness (QED) is 0.771. The highest BCUT2D eigenvalue weighted by Gasteiger charge is 2.21. The molecule has 14 heavy (non-hydrogen) atoms. The first-order valence-corrected chi connectivity index (χ1v) is 5.18. The Kier molecular flexibility index (Phi) is 3.27. The van der Waals surface area contributed by atoms with Gasteiger partial charge >= 0.3 is 0 Å². The molecule has 0 unspecified atom stereocenters. The lowest BCUT2D eigenvalue weighted by Crippen LogP contribution is -2.31. The number of nitrogens with two attached hydrogens (primary N) is 1. The van der Waals surface area contributed by atoms with Crippen LogP contribution in [0.15, 0.2) is 24.3 Å². The molecule has 0 bridgehead atoms. The molecule has 0 saturated carbocycles. The number of rotatable bonds is 3. The van der Waals surface area contributed by atoms with Crippen LogP contribution in [0.5, 0.6) is 0 Å². The van der Waals surface area contributed by atoms with Crippen molar-refractivity contribution in [2.24, 2.45) is 11.1 Å². The number of aryl methyl sites for hydroxylation is 1. The van der Waals surface area contributed by atoms with Crippen LogP contribution in [0.3, 0.4) is 0 Å². The molecule has 0 aromatic heterocycles. The molecule has 0 heterocycles. The molecule has 2 N–H and O–H groups in total. The Bertz CT molecular complexity index is 342. The predicted molar refractivity (Wildman–Crippen MR) is 65.4 cm³/mol. The Hall–Kier alpha value is -0.890. The van der Waals surface area contributed by atoms with E-state index in [9.17, 15) is 0 Å². The lowest BCUT2D eigenvalue weighted by molar-refractivity contribution is 0.523. The van der Waals surface area contributed by atoms with Gasteiger partial charge in [0.2, 0.25) is 0 Å². The second kappa shape index (κ2) is 4.09. The Labute approximate surface area is 91.3 Å². The summed E-state index contributed by atoms with van der Waals surface area (Å²) >= 11 is 5.04. The zero-order valence-electron chi connectivity index (χ0n) is 9.00. The molecule has 76 valence electrons. The molecule has 2 heteroatoms. The van der Waals surface area contributed by atoms with Gasteiger partial charge in [-0.25, -0.2) is 0 Å². The van der Waals surface area contributed by atoms with Crippen LogP contribution >= 0.6 is 12.2 Å². The molecule has 0 atom stereocenters. The van der Waals surface area contributed by atoms with Crippen LogP contribution in [0.2, 0.25) is 0 Å². The fourth-order valence-electron chi connectivity index (χ4n) is 1.42. The summed E-state index contributed by atoms with van der Waals surface area (Å²) in [5.41, 5.74) is 8.17. The summed E-state index contributed by atoms with van der Waals surface area (Å²) in [4.78, 5) is 0.582. The van der Waals surface area contributed by atoms with Gasteiger partial charge in [-0.15, -0.1) is 0 Å². The van der Waals surface area contributed by atoms with E-state index in [0.717, 1.165) is 6.42 Å². The summed E-state index contributed by atoms with van der Waals surface area (Å²) in [7, 11) is 0. The van der Waals surface area contributed by atoms with Crippen molar-refractivity contribution in [2.45, 2.75) is 27.2 Å². The molecule has 1 nitrogen and oxygen atoms in total. The molecular formula is C12H17NS. The second-order valence-corrected chi connectivity index (χ2v) is 4.85. The minimum atomic E-state index is -0.0941. The first-order chi connectivity index (χ1) is 6.42. The van der Waals surface area contributed by atoms with Crippen molar-refractivity contribution in [3.8, 4) is 0 Å².